The molecule has 6 rings (SSSR count). The number of hydrogen-bond donors (Lipinski definition) is 0. The van der Waals surface area contributed by atoms with Crippen molar-refractivity contribution in [3.8, 4) is 17.2 Å². The molecular formula is C47H58Cl3N3O8. The van der Waals surface area contributed by atoms with Crippen LogP contribution in [0.15, 0.2) is 60.2 Å². The van der Waals surface area contributed by atoms with Gasteiger partial charge in [0.15, 0.2) is 5.60 Å². The minimum atomic E-state index is -1.96. The summed E-state index contributed by atoms with van der Waals surface area (Å²) in [5, 5.41) is 0. The van der Waals surface area contributed by atoms with Gasteiger partial charge in [0.2, 0.25) is 3.79 Å². The number of carbonyl (C=O) groups excluding carboxylic acids is 3. The number of carbonyl (C=O) groups is 3. The number of methoxy groups -OCH3 is 2. The van der Waals surface area contributed by atoms with Crippen LogP contribution in [0.1, 0.15) is 87.3 Å². The lowest BCUT2D eigenvalue weighted by molar-refractivity contribution is -0.129. The first kappa shape index (κ1) is 46.2. The van der Waals surface area contributed by atoms with Crippen molar-refractivity contribution < 1.29 is 38.1 Å². The molecular weight excluding hydrogens is 841 g/mol. The van der Waals surface area contributed by atoms with Gasteiger partial charge >= 0.3 is 12.2 Å². The van der Waals surface area contributed by atoms with Crippen molar-refractivity contribution in [3.63, 3.8) is 0 Å². The van der Waals surface area contributed by atoms with Crippen molar-refractivity contribution in [2.45, 2.75) is 121 Å². The summed E-state index contributed by atoms with van der Waals surface area (Å²) in [4.78, 5) is 48.7. The lowest BCUT2D eigenvalue weighted by Crippen LogP contribution is -2.66. The first-order chi connectivity index (χ1) is 28.6. The average molecular weight is 899 g/mol. The molecule has 2 atom stereocenters. The zero-order chi connectivity index (χ0) is 44.6. The molecule has 2 fully saturated rings. The number of aryl methyl sites for hydroxylation is 2. The van der Waals surface area contributed by atoms with Crippen LogP contribution in [-0.2, 0) is 27.2 Å². The van der Waals surface area contributed by atoms with Crippen molar-refractivity contribution in [1.29, 1.82) is 0 Å². The largest absolute Gasteiger partial charge is 0.497 e. The lowest BCUT2D eigenvalue weighted by Gasteiger charge is -2.51. The normalized spacial score (nSPS) is 18.1. The third-order valence-electron chi connectivity index (χ3n) is 11.6. The third kappa shape index (κ3) is 10.7. The van der Waals surface area contributed by atoms with Crippen LogP contribution in [0.25, 0.3) is 5.57 Å². The van der Waals surface area contributed by atoms with Crippen molar-refractivity contribution in [2.24, 2.45) is 0 Å². The summed E-state index contributed by atoms with van der Waals surface area (Å²) in [7, 11) is 3.17. The maximum Gasteiger partial charge on any atom is 0.411 e. The van der Waals surface area contributed by atoms with Gasteiger partial charge in [-0.15, -0.1) is 0 Å². The van der Waals surface area contributed by atoms with E-state index in [1.54, 1.807) is 50.9 Å². The zero-order valence-corrected chi connectivity index (χ0v) is 39.1. The Labute approximate surface area is 375 Å². The molecule has 2 bridgehead atoms. The Hall–Kier alpha value is -4.32. The first-order valence-electron chi connectivity index (χ1n) is 20.7. The van der Waals surface area contributed by atoms with E-state index in [0.29, 0.717) is 30.1 Å². The van der Waals surface area contributed by atoms with Gasteiger partial charge in [-0.3, -0.25) is 9.69 Å². The lowest BCUT2D eigenvalue weighted by atomic mass is 9.81. The molecule has 11 nitrogen and oxygen atoms in total. The number of nitrogens with zero attached hydrogens (tertiary/aromatic N) is 3. The van der Waals surface area contributed by atoms with Crippen molar-refractivity contribution in [1.82, 2.24) is 14.7 Å². The topological polar surface area (TPSA) is 107 Å². The van der Waals surface area contributed by atoms with Crippen molar-refractivity contribution in [3.05, 3.63) is 93.6 Å². The van der Waals surface area contributed by atoms with Gasteiger partial charge in [0.1, 0.15) is 22.8 Å². The van der Waals surface area contributed by atoms with Gasteiger partial charge in [-0.2, -0.15) is 0 Å². The Morgan fingerprint density at radius 1 is 0.787 bits per heavy atom. The highest BCUT2D eigenvalue weighted by Gasteiger charge is 2.53. The summed E-state index contributed by atoms with van der Waals surface area (Å²) in [6, 6.07) is 16.3. The van der Waals surface area contributed by atoms with E-state index in [1.807, 2.05) is 29.2 Å². The average Bonchev–Trinajstić information content (AvgIpc) is 4.03. The Morgan fingerprint density at radius 3 is 1.98 bits per heavy atom. The number of hydrogen-bond acceptors (Lipinski definition) is 8. The van der Waals surface area contributed by atoms with Crippen LogP contribution >= 0.6 is 34.8 Å². The van der Waals surface area contributed by atoms with Crippen LogP contribution in [0.2, 0.25) is 0 Å². The number of piperazine rings is 1. The molecule has 2 aliphatic heterocycles. The number of ether oxygens (including phenoxy) is 5. The second kappa shape index (κ2) is 18.2. The van der Waals surface area contributed by atoms with E-state index in [4.69, 9.17) is 58.5 Å². The molecule has 2 heterocycles. The van der Waals surface area contributed by atoms with E-state index in [9.17, 15) is 9.59 Å². The van der Waals surface area contributed by atoms with Gasteiger partial charge in [0.25, 0.3) is 5.91 Å². The number of rotatable bonds is 12. The molecule has 3 amide bonds. The Morgan fingerprint density at radius 2 is 1.41 bits per heavy atom. The number of fused-ring (bicyclic) bond motifs is 2. The highest BCUT2D eigenvalue weighted by molar-refractivity contribution is 6.68. The fraction of sp³-hybridized carbons (Fsp3) is 0.511. The number of benzene rings is 3. The maximum absolute atomic E-state index is 15.5. The fourth-order valence-electron chi connectivity index (χ4n) is 7.89. The highest BCUT2D eigenvalue weighted by atomic mass is 35.6. The predicted molar refractivity (Wildman–Crippen MR) is 239 cm³/mol. The second-order valence-electron chi connectivity index (χ2n) is 17.8. The summed E-state index contributed by atoms with van der Waals surface area (Å²) in [6.07, 6.45) is 1.23. The molecule has 3 aromatic carbocycles. The molecule has 3 aromatic rings. The Balaban J connectivity index is 1.42. The molecule has 61 heavy (non-hydrogen) atoms. The molecule has 1 aliphatic carbocycles. The summed E-state index contributed by atoms with van der Waals surface area (Å²) in [6.45, 7) is 15.5. The first-order valence-corrected chi connectivity index (χ1v) is 21.8. The minimum Gasteiger partial charge on any atom is -0.497 e. The van der Waals surface area contributed by atoms with Crippen LogP contribution in [0.3, 0.4) is 0 Å². The Kier molecular flexibility index (Phi) is 13.8. The van der Waals surface area contributed by atoms with E-state index < -0.39 is 39.3 Å². The quantitative estimate of drug-likeness (QED) is 0.166. The van der Waals surface area contributed by atoms with E-state index in [1.165, 1.54) is 19.4 Å². The van der Waals surface area contributed by atoms with E-state index in [-0.39, 0.29) is 38.0 Å². The maximum atomic E-state index is 15.5. The van der Waals surface area contributed by atoms with Crippen molar-refractivity contribution >= 4 is 58.5 Å². The van der Waals surface area contributed by atoms with Crippen molar-refractivity contribution in [2.75, 3.05) is 33.9 Å². The molecule has 0 spiro atoms. The molecule has 14 heteroatoms. The standard InChI is InChI=1S/C47H58Cl3N3O8/c1-28-11-12-29(2)41(30(28)3)59-20-19-31-13-15-33(16-14-31)38-23-35-26-51(43(55)60-45(4,5)6)27-39(53(35)44(56)61-46(7,8)47(48,49)50)40(38)42(54)52(34-17-18-34)25-32-21-36(57-9)24-37(22-32)58-10/h11-16,21-22,24,34-35,39H,17-20,23,25-27H2,1-10H3. The summed E-state index contributed by atoms with van der Waals surface area (Å²) >= 11 is 18.9. The number of halogens is 3. The number of amides is 3. The van der Waals surface area contributed by atoms with Crippen LogP contribution in [0.4, 0.5) is 9.59 Å². The molecule has 0 aromatic heterocycles. The van der Waals surface area contributed by atoms with E-state index in [2.05, 4.69) is 45.0 Å². The summed E-state index contributed by atoms with van der Waals surface area (Å²) < 4.78 is 27.3. The highest BCUT2D eigenvalue weighted by Crippen LogP contribution is 2.45. The summed E-state index contributed by atoms with van der Waals surface area (Å²) in [5.74, 6) is 1.84. The molecule has 0 N–H and O–H groups in total. The molecule has 330 valence electrons. The zero-order valence-electron chi connectivity index (χ0n) is 36.8. The van der Waals surface area contributed by atoms with Gasteiger partial charge in [-0.25, -0.2) is 9.59 Å². The van der Waals surface area contributed by atoms with Crippen LogP contribution in [0, 0.1) is 20.8 Å². The van der Waals surface area contributed by atoms with Gasteiger partial charge < -0.3 is 33.5 Å². The van der Waals surface area contributed by atoms with Crippen LogP contribution in [0.5, 0.6) is 17.2 Å². The van der Waals surface area contributed by atoms with Crippen LogP contribution < -0.4 is 14.2 Å². The minimum absolute atomic E-state index is 0.0298. The second-order valence-corrected chi connectivity index (χ2v) is 20.0. The molecule has 1 saturated carbocycles. The monoisotopic (exact) mass is 897 g/mol. The molecule has 3 aliphatic rings. The third-order valence-corrected chi connectivity index (χ3v) is 13.0. The fourth-order valence-corrected chi connectivity index (χ4v) is 8.00. The smallest absolute Gasteiger partial charge is 0.411 e. The van der Waals surface area contributed by atoms with E-state index in [0.717, 1.165) is 52.0 Å². The molecule has 1 saturated heterocycles. The SMILES string of the molecule is COc1cc(CN(C(=O)C2=C(c3ccc(CCOc4c(C)ccc(C)c4C)cc3)CC3CN(C(=O)OC(C)(C)C)CC2N3C(=O)OC(C)(C)C(Cl)(Cl)Cl)C2CC2)cc(OC)c1. The molecule has 0 radical (unpaired) electrons. The molecule has 2 unspecified atom stereocenters. The van der Waals surface area contributed by atoms with E-state index >= 15 is 4.79 Å². The van der Waals surface area contributed by atoms with Gasteiger partial charge in [0.05, 0.1) is 32.9 Å². The Bertz CT molecular complexity index is 2130. The number of alkyl halides is 3. The summed E-state index contributed by atoms with van der Waals surface area (Å²) in [5.41, 5.74) is 4.99. The van der Waals surface area contributed by atoms with Gasteiger partial charge in [0, 0.05) is 43.7 Å². The predicted octanol–water partition coefficient (Wildman–Crippen LogP) is 10.2. The van der Waals surface area contributed by atoms with Gasteiger partial charge in [-0.05, 0) is 126 Å². The van der Waals surface area contributed by atoms with Gasteiger partial charge in [-0.1, -0.05) is 71.2 Å². The van der Waals surface area contributed by atoms with Crippen LogP contribution in [-0.4, -0.2) is 99.8 Å².